The largest absolute Gasteiger partial charge is 0.315 e. The van der Waals surface area contributed by atoms with E-state index in [1.54, 1.807) is 23.0 Å². The van der Waals surface area contributed by atoms with Crippen LogP contribution in [0.5, 0.6) is 0 Å². The lowest BCUT2D eigenvalue weighted by Crippen LogP contribution is -2.32. The minimum atomic E-state index is -0.300. The summed E-state index contributed by atoms with van der Waals surface area (Å²) >= 11 is 2.90. The van der Waals surface area contributed by atoms with Gasteiger partial charge in [0, 0.05) is 11.3 Å². The predicted octanol–water partition coefficient (Wildman–Crippen LogP) is 2.93. The van der Waals surface area contributed by atoms with Crippen molar-refractivity contribution in [2.75, 3.05) is 5.32 Å². The third-order valence-corrected chi connectivity index (χ3v) is 5.42. The SMILES string of the molecule is CC(C)c1nn(CC(=O)Nc2cncs2)c(=O)c2cc3ccsc3n12. The molecule has 9 heteroatoms. The van der Waals surface area contributed by atoms with Gasteiger partial charge in [-0.25, -0.2) is 4.68 Å². The molecule has 0 aliphatic heterocycles. The molecule has 4 aromatic heterocycles. The van der Waals surface area contributed by atoms with Crippen LogP contribution < -0.4 is 10.9 Å². The molecule has 0 aliphatic rings. The fourth-order valence-corrected chi connectivity index (χ4v) is 4.16. The number of carbonyl (C=O) groups excluding carboxylic acids is 1. The predicted molar refractivity (Wildman–Crippen MR) is 99.7 cm³/mol. The molecule has 0 unspecified atom stereocenters. The van der Waals surface area contributed by atoms with Crippen LogP contribution in [0.4, 0.5) is 5.00 Å². The molecule has 4 aromatic rings. The van der Waals surface area contributed by atoms with Gasteiger partial charge in [0.2, 0.25) is 5.91 Å². The van der Waals surface area contributed by atoms with Crippen molar-refractivity contribution in [3.8, 4) is 0 Å². The van der Waals surface area contributed by atoms with E-state index in [1.807, 2.05) is 35.8 Å². The molecule has 0 fully saturated rings. The van der Waals surface area contributed by atoms with Crippen LogP contribution >= 0.6 is 22.7 Å². The number of carbonyl (C=O) groups is 1. The van der Waals surface area contributed by atoms with E-state index in [0.29, 0.717) is 10.5 Å². The van der Waals surface area contributed by atoms with Crippen LogP contribution in [0.3, 0.4) is 0 Å². The number of hydrogen-bond acceptors (Lipinski definition) is 6. The van der Waals surface area contributed by atoms with Crippen LogP contribution in [0.15, 0.2) is 34.0 Å². The first-order valence-corrected chi connectivity index (χ1v) is 9.48. The van der Waals surface area contributed by atoms with Crippen molar-refractivity contribution in [1.29, 1.82) is 0 Å². The number of nitrogens with zero attached hydrogens (tertiary/aromatic N) is 4. The number of aromatic nitrogens is 4. The second-order valence-corrected chi connectivity index (χ2v) is 7.72. The van der Waals surface area contributed by atoms with Gasteiger partial charge in [-0.1, -0.05) is 13.8 Å². The molecule has 25 heavy (non-hydrogen) atoms. The molecule has 0 aliphatic carbocycles. The van der Waals surface area contributed by atoms with Gasteiger partial charge in [-0.05, 0) is 17.5 Å². The van der Waals surface area contributed by atoms with Crippen molar-refractivity contribution in [2.24, 2.45) is 0 Å². The van der Waals surface area contributed by atoms with Crippen LogP contribution in [0.2, 0.25) is 0 Å². The van der Waals surface area contributed by atoms with E-state index >= 15 is 0 Å². The first kappa shape index (κ1) is 16.0. The van der Waals surface area contributed by atoms with Gasteiger partial charge >= 0.3 is 0 Å². The zero-order valence-electron chi connectivity index (χ0n) is 13.6. The lowest BCUT2D eigenvalue weighted by Gasteiger charge is -2.12. The van der Waals surface area contributed by atoms with E-state index in [-0.39, 0.29) is 23.9 Å². The van der Waals surface area contributed by atoms with Crippen molar-refractivity contribution < 1.29 is 4.79 Å². The number of thiophene rings is 1. The minimum Gasteiger partial charge on any atom is -0.315 e. The quantitative estimate of drug-likeness (QED) is 0.596. The smallest absolute Gasteiger partial charge is 0.291 e. The van der Waals surface area contributed by atoms with Crippen LogP contribution in [-0.2, 0) is 11.3 Å². The highest BCUT2D eigenvalue weighted by molar-refractivity contribution is 7.16. The lowest BCUT2D eigenvalue weighted by molar-refractivity contribution is -0.117. The summed E-state index contributed by atoms with van der Waals surface area (Å²) in [6.45, 7) is 3.91. The van der Waals surface area contributed by atoms with E-state index in [2.05, 4.69) is 15.4 Å². The third-order valence-electron chi connectivity index (χ3n) is 3.82. The maximum absolute atomic E-state index is 12.8. The summed E-state index contributed by atoms with van der Waals surface area (Å²) in [4.78, 5) is 30.0. The number of nitrogens with one attached hydrogen (secondary N) is 1. The van der Waals surface area contributed by atoms with Crippen LogP contribution in [-0.4, -0.2) is 25.1 Å². The zero-order chi connectivity index (χ0) is 17.6. The van der Waals surface area contributed by atoms with Crippen LogP contribution in [0, 0.1) is 0 Å². The van der Waals surface area contributed by atoms with Crippen molar-refractivity contribution in [1.82, 2.24) is 19.2 Å². The van der Waals surface area contributed by atoms with Crippen molar-refractivity contribution >= 4 is 49.3 Å². The Morgan fingerprint density at radius 2 is 2.20 bits per heavy atom. The summed E-state index contributed by atoms with van der Waals surface area (Å²) in [5.74, 6) is 0.570. The number of thiazole rings is 1. The number of hydrogen-bond donors (Lipinski definition) is 1. The van der Waals surface area contributed by atoms with Crippen LogP contribution in [0.25, 0.3) is 15.7 Å². The Morgan fingerprint density at radius 3 is 2.92 bits per heavy atom. The topological polar surface area (TPSA) is 81.3 Å². The highest BCUT2D eigenvalue weighted by atomic mass is 32.1. The number of rotatable bonds is 4. The zero-order valence-corrected chi connectivity index (χ0v) is 15.2. The van der Waals surface area contributed by atoms with Gasteiger partial charge in [0.1, 0.15) is 27.7 Å². The Morgan fingerprint density at radius 1 is 1.36 bits per heavy atom. The molecule has 1 N–H and O–H groups in total. The van der Waals surface area contributed by atoms with E-state index in [1.165, 1.54) is 16.0 Å². The third kappa shape index (κ3) is 2.75. The first-order valence-electron chi connectivity index (χ1n) is 7.72. The fraction of sp³-hybridized carbons (Fsp3) is 0.250. The molecule has 0 saturated heterocycles. The summed E-state index contributed by atoms with van der Waals surface area (Å²) in [5, 5.41) is 10.9. The number of amides is 1. The Kier molecular flexibility index (Phi) is 3.89. The Bertz CT molecular complexity index is 1120. The maximum Gasteiger partial charge on any atom is 0.291 e. The van der Waals surface area contributed by atoms with Crippen molar-refractivity contribution in [3.05, 3.63) is 45.4 Å². The Hall–Kier alpha value is -2.52. The molecule has 0 spiro atoms. The van der Waals surface area contributed by atoms with Gasteiger partial charge in [-0.15, -0.1) is 22.7 Å². The van der Waals surface area contributed by atoms with Crippen molar-refractivity contribution in [3.63, 3.8) is 0 Å². The summed E-state index contributed by atoms with van der Waals surface area (Å²) in [5.41, 5.74) is 1.91. The standard InChI is InChI=1S/C16H15N5O2S2/c1-9(2)14-19-20(7-12(22)18-13-6-17-8-25-13)15(23)11-5-10-3-4-24-16(10)21(11)14/h3-6,8-9H,7H2,1-2H3,(H,18,22). The van der Waals surface area contributed by atoms with Gasteiger partial charge in [0.05, 0.1) is 11.7 Å². The van der Waals surface area contributed by atoms with E-state index in [4.69, 9.17) is 0 Å². The maximum atomic E-state index is 12.8. The average Bonchev–Trinajstić information content (AvgIpc) is 3.26. The van der Waals surface area contributed by atoms with E-state index in [9.17, 15) is 9.59 Å². The number of anilines is 1. The normalized spacial score (nSPS) is 11.6. The Labute approximate surface area is 150 Å². The van der Waals surface area contributed by atoms with E-state index < -0.39 is 0 Å². The second-order valence-electron chi connectivity index (χ2n) is 5.94. The molecule has 1 amide bonds. The van der Waals surface area contributed by atoms with Crippen molar-refractivity contribution in [2.45, 2.75) is 26.3 Å². The minimum absolute atomic E-state index is 0.108. The molecular weight excluding hydrogens is 358 g/mol. The molecule has 7 nitrogen and oxygen atoms in total. The first-order chi connectivity index (χ1) is 12.0. The molecular formula is C16H15N5O2S2. The van der Waals surface area contributed by atoms with E-state index in [0.717, 1.165) is 16.0 Å². The molecule has 128 valence electrons. The van der Waals surface area contributed by atoms with Gasteiger partial charge in [0.15, 0.2) is 0 Å². The molecule has 0 bridgehead atoms. The highest BCUT2D eigenvalue weighted by Gasteiger charge is 2.18. The van der Waals surface area contributed by atoms with Gasteiger partial charge in [-0.3, -0.25) is 19.0 Å². The lowest BCUT2D eigenvalue weighted by atomic mass is 10.2. The molecule has 4 rings (SSSR count). The van der Waals surface area contributed by atoms with Gasteiger partial charge in [-0.2, -0.15) is 5.10 Å². The molecule has 0 aromatic carbocycles. The molecule has 0 saturated carbocycles. The fourth-order valence-electron chi connectivity index (χ4n) is 2.73. The average molecular weight is 373 g/mol. The molecule has 4 heterocycles. The summed E-state index contributed by atoms with van der Waals surface area (Å²) in [6, 6.07) is 3.84. The summed E-state index contributed by atoms with van der Waals surface area (Å²) in [6.07, 6.45) is 1.57. The van der Waals surface area contributed by atoms with Gasteiger partial charge < -0.3 is 5.32 Å². The van der Waals surface area contributed by atoms with Crippen LogP contribution in [0.1, 0.15) is 25.6 Å². The summed E-state index contributed by atoms with van der Waals surface area (Å²) in [7, 11) is 0. The summed E-state index contributed by atoms with van der Waals surface area (Å²) < 4.78 is 3.15. The monoisotopic (exact) mass is 373 g/mol. The molecule has 0 atom stereocenters. The number of fused-ring (bicyclic) bond motifs is 3. The van der Waals surface area contributed by atoms with Gasteiger partial charge in [0.25, 0.3) is 5.56 Å². The highest BCUT2D eigenvalue weighted by Crippen LogP contribution is 2.26. The molecule has 0 radical (unpaired) electrons. The second kappa shape index (κ2) is 6.08. The Balaban J connectivity index is 1.80.